The summed E-state index contributed by atoms with van der Waals surface area (Å²) in [5.41, 5.74) is 6.71. The lowest BCUT2D eigenvalue weighted by molar-refractivity contribution is 0.0365. The number of hydrogen-bond acceptors (Lipinski definition) is 4. The quantitative estimate of drug-likeness (QED) is 0.807. The van der Waals surface area contributed by atoms with Crippen LogP contribution in [0.15, 0.2) is 18.3 Å². The summed E-state index contributed by atoms with van der Waals surface area (Å²) in [5.74, 6) is 1.12. The van der Waals surface area contributed by atoms with Crippen LogP contribution in [0.3, 0.4) is 0 Å². The van der Waals surface area contributed by atoms with Gasteiger partial charge in [-0.05, 0) is 44.4 Å². The Hall–Kier alpha value is -1.13. The van der Waals surface area contributed by atoms with Gasteiger partial charge in [0.05, 0.1) is 6.10 Å². The number of piperidine rings is 1. The van der Waals surface area contributed by atoms with E-state index in [4.69, 9.17) is 10.5 Å². The zero-order chi connectivity index (χ0) is 12.8. The second-order valence-electron chi connectivity index (χ2n) is 4.84. The molecule has 0 bridgehead atoms. The highest BCUT2D eigenvalue weighted by molar-refractivity contribution is 5.46. The SMILES string of the molecule is Cc1cccnc1N1CCC(OCCCN)CC1. The lowest BCUT2D eigenvalue weighted by Gasteiger charge is -2.33. The first-order chi connectivity index (χ1) is 8.81. The molecule has 4 nitrogen and oxygen atoms in total. The highest BCUT2D eigenvalue weighted by Gasteiger charge is 2.21. The summed E-state index contributed by atoms with van der Waals surface area (Å²) in [6.07, 6.45) is 5.39. The normalized spacial score (nSPS) is 17.1. The molecule has 1 aliphatic rings. The zero-order valence-electron chi connectivity index (χ0n) is 11.1. The van der Waals surface area contributed by atoms with E-state index < -0.39 is 0 Å². The molecule has 0 saturated carbocycles. The fraction of sp³-hybridized carbons (Fsp3) is 0.643. The zero-order valence-corrected chi connectivity index (χ0v) is 11.1. The van der Waals surface area contributed by atoms with Gasteiger partial charge in [0, 0.05) is 25.9 Å². The summed E-state index contributed by atoms with van der Waals surface area (Å²) < 4.78 is 5.81. The van der Waals surface area contributed by atoms with E-state index in [2.05, 4.69) is 22.9 Å². The number of ether oxygens (including phenoxy) is 1. The van der Waals surface area contributed by atoms with Gasteiger partial charge in [-0.1, -0.05) is 6.07 Å². The third-order valence-corrected chi connectivity index (χ3v) is 3.43. The highest BCUT2D eigenvalue weighted by atomic mass is 16.5. The molecule has 1 aromatic heterocycles. The Morgan fingerprint density at radius 1 is 1.44 bits per heavy atom. The molecule has 0 amide bonds. The smallest absolute Gasteiger partial charge is 0.131 e. The summed E-state index contributed by atoms with van der Waals surface area (Å²) in [4.78, 5) is 6.83. The van der Waals surface area contributed by atoms with E-state index in [0.29, 0.717) is 12.6 Å². The second-order valence-corrected chi connectivity index (χ2v) is 4.84. The van der Waals surface area contributed by atoms with Gasteiger partial charge in [-0.3, -0.25) is 0 Å². The van der Waals surface area contributed by atoms with Crippen molar-refractivity contribution in [2.24, 2.45) is 5.73 Å². The van der Waals surface area contributed by atoms with Crippen molar-refractivity contribution >= 4 is 5.82 Å². The first-order valence-corrected chi connectivity index (χ1v) is 6.79. The highest BCUT2D eigenvalue weighted by Crippen LogP contribution is 2.22. The number of anilines is 1. The van der Waals surface area contributed by atoms with Crippen LogP contribution in [0, 0.1) is 6.92 Å². The molecule has 2 heterocycles. The van der Waals surface area contributed by atoms with Crippen molar-refractivity contribution < 1.29 is 4.74 Å². The Labute approximate surface area is 109 Å². The van der Waals surface area contributed by atoms with Crippen LogP contribution in [0.1, 0.15) is 24.8 Å². The van der Waals surface area contributed by atoms with Crippen molar-refractivity contribution in [2.75, 3.05) is 31.1 Å². The van der Waals surface area contributed by atoms with Crippen LogP contribution in [0.4, 0.5) is 5.82 Å². The van der Waals surface area contributed by atoms with E-state index in [1.807, 2.05) is 12.3 Å². The third kappa shape index (κ3) is 3.43. The van der Waals surface area contributed by atoms with Gasteiger partial charge >= 0.3 is 0 Å². The molecule has 0 aromatic carbocycles. The van der Waals surface area contributed by atoms with E-state index in [1.165, 1.54) is 5.56 Å². The number of rotatable bonds is 5. The molecule has 0 radical (unpaired) electrons. The second kappa shape index (κ2) is 6.71. The van der Waals surface area contributed by atoms with Crippen LogP contribution in [0.25, 0.3) is 0 Å². The molecular formula is C14H23N3O. The van der Waals surface area contributed by atoms with Crippen LogP contribution < -0.4 is 10.6 Å². The fourth-order valence-corrected chi connectivity index (χ4v) is 2.38. The van der Waals surface area contributed by atoms with Gasteiger partial charge in [-0.15, -0.1) is 0 Å². The summed E-state index contributed by atoms with van der Waals surface area (Å²) in [6, 6.07) is 4.10. The van der Waals surface area contributed by atoms with E-state index in [0.717, 1.165) is 44.8 Å². The third-order valence-electron chi connectivity index (χ3n) is 3.43. The summed E-state index contributed by atoms with van der Waals surface area (Å²) in [5, 5.41) is 0. The van der Waals surface area contributed by atoms with E-state index in [1.54, 1.807) is 0 Å². The van der Waals surface area contributed by atoms with Gasteiger partial charge in [0.2, 0.25) is 0 Å². The van der Waals surface area contributed by atoms with Crippen LogP contribution in [0.2, 0.25) is 0 Å². The predicted molar refractivity (Wildman–Crippen MR) is 73.8 cm³/mol. The van der Waals surface area contributed by atoms with Gasteiger partial charge in [0.25, 0.3) is 0 Å². The molecule has 2 rings (SSSR count). The van der Waals surface area contributed by atoms with Crippen LogP contribution in [0.5, 0.6) is 0 Å². The summed E-state index contributed by atoms with van der Waals surface area (Å²) >= 11 is 0. The van der Waals surface area contributed by atoms with Crippen molar-refractivity contribution in [1.29, 1.82) is 0 Å². The fourth-order valence-electron chi connectivity index (χ4n) is 2.38. The first-order valence-electron chi connectivity index (χ1n) is 6.79. The lowest BCUT2D eigenvalue weighted by Crippen LogP contribution is -2.38. The molecule has 1 fully saturated rings. The maximum atomic E-state index is 5.81. The van der Waals surface area contributed by atoms with Crippen molar-refractivity contribution in [3.8, 4) is 0 Å². The molecular weight excluding hydrogens is 226 g/mol. The van der Waals surface area contributed by atoms with Crippen LogP contribution in [-0.4, -0.2) is 37.3 Å². The van der Waals surface area contributed by atoms with Crippen molar-refractivity contribution in [3.63, 3.8) is 0 Å². The molecule has 18 heavy (non-hydrogen) atoms. The van der Waals surface area contributed by atoms with Gasteiger partial charge in [-0.2, -0.15) is 0 Å². The number of aromatic nitrogens is 1. The summed E-state index contributed by atoms with van der Waals surface area (Å²) in [6.45, 7) is 5.69. The Morgan fingerprint density at radius 2 is 2.22 bits per heavy atom. The largest absolute Gasteiger partial charge is 0.378 e. The average Bonchev–Trinajstić information content (AvgIpc) is 2.41. The Bertz CT molecular complexity index is 362. The topological polar surface area (TPSA) is 51.4 Å². The molecule has 1 saturated heterocycles. The number of pyridine rings is 1. The molecule has 100 valence electrons. The van der Waals surface area contributed by atoms with E-state index >= 15 is 0 Å². The molecule has 0 spiro atoms. The molecule has 0 aliphatic carbocycles. The minimum absolute atomic E-state index is 0.400. The van der Waals surface area contributed by atoms with Crippen molar-refractivity contribution in [3.05, 3.63) is 23.9 Å². The lowest BCUT2D eigenvalue weighted by atomic mass is 10.1. The number of aryl methyl sites for hydroxylation is 1. The molecule has 1 aliphatic heterocycles. The van der Waals surface area contributed by atoms with Gasteiger partial charge in [0.1, 0.15) is 5.82 Å². The standard InChI is InChI=1S/C14H23N3O/c1-12-4-2-8-16-14(12)17-9-5-13(6-10-17)18-11-3-7-15/h2,4,8,13H,3,5-7,9-11,15H2,1H3. The van der Waals surface area contributed by atoms with Gasteiger partial charge < -0.3 is 15.4 Å². The summed E-state index contributed by atoms with van der Waals surface area (Å²) in [7, 11) is 0. The Balaban J connectivity index is 1.81. The minimum Gasteiger partial charge on any atom is -0.378 e. The molecule has 0 unspecified atom stereocenters. The predicted octanol–water partition coefficient (Wildman–Crippen LogP) is 1.72. The Kier molecular flexibility index (Phi) is 4.96. The van der Waals surface area contributed by atoms with E-state index in [9.17, 15) is 0 Å². The van der Waals surface area contributed by atoms with Crippen LogP contribution in [-0.2, 0) is 4.74 Å². The van der Waals surface area contributed by atoms with Gasteiger partial charge in [-0.25, -0.2) is 4.98 Å². The van der Waals surface area contributed by atoms with Gasteiger partial charge in [0.15, 0.2) is 0 Å². The number of hydrogen-bond donors (Lipinski definition) is 1. The van der Waals surface area contributed by atoms with Crippen LogP contribution >= 0.6 is 0 Å². The average molecular weight is 249 g/mol. The molecule has 0 atom stereocenters. The number of nitrogens with zero attached hydrogens (tertiary/aromatic N) is 2. The first kappa shape index (κ1) is 13.3. The molecule has 4 heteroatoms. The monoisotopic (exact) mass is 249 g/mol. The van der Waals surface area contributed by atoms with Crippen molar-refractivity contribution in [1.82, 2.24) is 4.98 Å². The molecule has 1 aromatic rings. The maximum absolute atomic E-state index is 5.81. The number of nitrogens with two attached hydrogens (primary N) is 1. The van der Waals surface area contributed by atoms with Crippen molar-refractivity contribution in [2.45, 2.75) is 32.3 Å². The van der Waals surface area contributed by atoms with E-state index in [-0.39, 0.29) is 0 Å². The molecule has 2 N–H and O–H groups in total. The maximum Gasteiger partial charge on any atom is 0.131 e. The Morgan fingerprint density at radius 3 is 2.89 bits per heavy atom. The minimum atomic E-state index is 0.400.